The van der Waals surface area contributed by atoms with Crippen molar-refractivity contribution in [3.8, 4) is 0 Å². The summed E-state index contributed by atoms with van der Waals surface area (Å²) < 4.78 is 0. The van der Waals surface area contributed by atoms with E-state index in [4.69, 9.17) is 5.11 Å². The number of Topliss-reactive ketones (excluding diaryl/α,β-unsaturated/α-hetero) is 1. The van der Waals surface area contributed by atoms with E-state index in [0.717, 1.165) is 4.90 Å². The molecule has 16 heavy (non-hydrogen) atoms. The first-order valence-corrected chi connectivity index (χ1v) is 5.09. The molecule has 1 N–H and O–H groups in total. The summed E-state index contributed by atoms with van der Waals surface area (Å²) in [5, 5.41) is 8.58. The van der Waals surface area contributed by atoms with Gasteiger partial charge < -0.3 is 5.11 Å². The molecule has 0 aromatic rings. The lowest BCUT2D eigenvalue weighted by atomic mass is 9.80. The van der Waals surface area contributed by atoms with Crippen LogP contribution >= 0.6 is 0 Å². The van der Waals surface area contributed by atoms with Crippen LogP contribution in [-0.2, 0) is 19.2 Å². The highest BCUT2D eigenvalue weighted by Crippen LogP contribution is 2.36. The van der Waals surface area contributed by atoms with E-state index in [1.165, 1.54) is 0 Å². The fourth-order valence-corrected chi connectivity index (χ4v) is 2.36. The molecule has 2 amide bonds. The van der Waals surface area contributed by atoms with E-state index < -0.39 is 36.2 Å². The van der Waals surface area contributed by atoms with Crippen LogP contribution in [0.1, 0.15) is 19.3 Å². The Balaban J connectivity index is 2.20. The summed E-state index contributed by atoms with van der Waals surface area (Å²) in [4.78, 5) is 45.9. The summed E-state index contributed by atoms with van der Waals surface area (Å²) >= 11 is 0. The van der Waals surface area contributed by atoms with Crippen molar-refractivity contribution in [2.75, 3.05) is 6.54 Å². The first-order chi connectivity index (χ1) is 7.50. The van der Waals surface area contributed by atoms with E-state index in [-0.39, 0.29) is 12.2 Å². The van der Waals surface area contributed by atoms with Crippen LogP contribution in [0.4, 0.5) is 0 Å². The van der Waals surface area contributed by atoms with Crippen molar-refractivity contribution < 1.29 is 24.3 Å². The Bertz CT molecular complexity index is 389. The molecule has 1 aliphatic heterocycles. The van der Waals surface area contributed by atoms with Gasteiger partial charge in [0.25, 0.3) is 0 Å². The van der Waals surface area contributed by atoms with E-state index in [2.05, 4.69) is 0 Å². The number of hydrogen-bond acceptors (Lipinski definition) is 4. The van der Waals surface area contributed by atoms with E-state index in [1.807, 2.05) is 0 Å². The van der Waals surface area contributed by atoms with Crippen LogP contribution in [0.25, 0.3) is 0 Å². The van der Waals surface area contributed by atoms with E-state index in [9.17, 15) is 19.2 Å². The highest BCUT2D eigenvalue weighted by Gasteiger charge is 2.50. The van der Waals surface area contributed by atoms with Gasteiger partial charge in [0, 0.05) is 12.8 Å². The van der Waals surface area contributed by atoms with Crippen molar-refractivity contribution >= 4 is 23.6 Å². The number of hydrogen-bond donors (Lipinski definition) is 1. The number of imide groups is 1. The van der Waals surface area contributed by atoms with Crippen LogP contribution in [0.3, 0.4) is 0 Å². The van der Waals surface area contributed by atoms with Gasteiger partial charge in [0.1, 0.15) is 12.3 Å². The van der Waals surface area contributed by atoms with Crippen LogP contribution in [0.2, 0.25) is 0 Å². The maximum absolute atomic E-state index is 11.7. The molecule has 1 heterocycles. The molecular weight excluding hydrogens is 214 g/mol. The molecule has 2 unspecified atom stereocenters. The van der Waals surface area contributed by atoms with Gasteiger partial charge in [-0.3, -0.25) is 24.1 Å². The number of likely N-dealkylation sites (tertiary alicyclic amines) is 1. The van der Waals surface area contributed by atoms with Gasteiger partial charge in [0.2, 0.25) is 11.8 Å². The predicted molar refractivity (Wildman–Crippen MR) is 50.2 cm³/mol. The van der Waals surface area contributed by atoms with Crippen LogP contribution in [-0.4, -0.2) is 40.1 Å². The normalized spacial score (nSPS) is 29.5. The topological polar surface area (TPSA) is 91.8 Å². The summed E-state index contributed by atoms with van der Waals surface area (Å²) in [6.45, 7) is -0.598. The molecule has 86 valence electrons. The van der Waals surface area contributed by atoms with Crippen molar-refractivity contribution in [2.45, 2.75) is 19.3 Å². The predicted octanol–water partition coefficient (Wildman–Crippen LogP) is -0.575. The van der Waals surface area contributed by atoms with Crippen molar-refractivity contribution in [2.24, 2.45) is 11.8 Å². The van der Waals surface area contributed by atoms with Crippen LogP contribution in [0, 0.1) is 11.8 Å². The fourth-order valence-electron chi connectivity index (χ4n) is 2.36. The maximum atomic E-state index is 11.7. The molecule has 0 spiro atoms. The second-order valence-corrected chi connectivity index (χ2v) is 4.15. The Morgan fingerprint density at radius 3 is 2.50 bits per heavy atom. The number of carboxylic acid groups (broad SMARTS) is 1. The number of carbonyl (C=O) groups excluding carboxylic acids is 3. The van der Waals surface area contributed by atoms with Crippen molar-refractivity contribution in [1.29, 1.82) is 0 Å². The van der Waals surface area contributed by atoms with Gasteiger partial charge in [-0.15, -0.1) is 0 Å². The number of carbonyl (C=O) groups is 4. The third-order valence-corrected chi connectivity index (χ3v) is 3.13. The third-order valence-electron chi connectivity index (χ3n) is 3.13. The molecule has 2 atom stereocenters. The molecule has 1 aliphatic carbocycles. The standard InChI is InChI=1S/C10H11NO5/c12-5-1-2-6-7(3-5)10(16)11(9(6)15)4-8(13)14/h6-7H,1-4H2,(H,13,14). The van der Waals surface area contributed by atoms with Gasteiger partial charge in [-0.25, -0.2) is 0 Å². The summed E-state index contributed by atoms with van der Waals surface area (Å²) in [7, 11) is 0. The second-order valence-electron chi connectivity index (χ2n) is 4.15. The highest BCUT2D eigenvalue weighted by molar-refractivity contribution is 6.08. The SMILES string of the molecule is O=C(O)CN1C(=O)C2CCC(=O)CC2C1=O. The van der Waals surface area contributed by atoms with E-state index >= 15 is 0 Å². The Kier molecular flexibility index (Phi) is 2.49. The first kappa shape index (κ1) is 10.8. The number of fused-ring (bicyclic) bond motifs is 1. The lowest BCUT2D eigenvalue weighted by Gasteiger charge is -2.18. The monoisotopic (exact) mass is 225 g/mol. The summed E-state index contributed by atoms with van der Waals surface area (Å²) in [6.07, 6.45) is 0.747. The minimum atomic E-state index is -1.22. The van der Waals surface area contributed by atoms with E-state index in [0.29, 0.717) is 12.8 Å². The van der Waals surface area contributed by atoms with Crippen LogP contribution in [0.15, 0.2) is 0 Å². The zero-order chi connectivity index (χ0) is 11.9. The van der Waals surface area contributed by atoms with Gasteiger partial charge in [-0.05, 0) is 6.42 Å². The highest BCUT2D eigenvalue weighted by atomic mass is 16.4. The Labute approximate surface area is 91.2 Å². The van der Waals surface area contributed by atoms with E-state index in [1.54, 1.807) is 0 Å². The average Bonchev–Trinajstić information content (AvgIpc) is 2.43. The number of nitrogens with zero attached hydrogens (tertiary/aromatic N) is 1. The number of carboxylic acids is 1. The number of amides is 2. The Morgan fingerprint density at radius 2 is 1.88 bits per heavy atom. The maximum Gasteiger partial charge on any atom is 0.323 e. The third kappa shape index (κ3) is 1.60. The van der Waals surface area contributed by atoms with Gasteiger partial charge in [-0.2, -0.15) is 0 Å². The van der Waals surface area contributed by atoms with Gasteiger partial charge in [0.15, 0.2) is 0 Å². The second kappa shape index (κ2) is 3.70. The molecule has 2 aliphatic rings. The average molecular weight is 225 g/mol. The number of ketones is 1. The molecule has 0 bridgehead atoms. The van der Waals surface area contributed by atoms with Gasteiger partial charge in [0.05, 0.1) is 11.8 Å². The molecule has 1 saturated heterocycles. The van der Waals surface area contributed by atoms with Crippen molar-refractivity contribution in [3.63, 3.8) is 0 Å². The molecular formula is C10H11NO5. The van der Waals surface area contributed by atoms with Crippen molar-refractivity contribution in [3.05, 3.63) is 0 Å². The zero-order valence-corrected chi connectivity index (χ0v) is 8.51. The van der Waals surface area contributed by atoms with Crippen LogP contribution in [0.5, 0.6) is 0 Å². The lowest BCUT2D eigenvalue weighted by Crippen LogP contribution is -2.35. The van der Waals surface area contributed by atoms with Crippen molar-refractivity contribution in [1.82, 2.24) is 4.90 Å². The smallest absolute Gasteiger partial charge is 0.323 e. The zero-order valence-electron chi connectivity index (χ0n) is 8.51. The molecule has 2 fully saturated rings. The molecule has 0 aromatic heterocycles. The van der Waals surface area contributed by atoms with Gasteiger partial charge in [-0.1, -0.05) is 0 Å². The molecule has 6 nitrogen and oxygen atoms in total. The Morgan fingerprint density at radius 1 is 1.25 bits per heavy atom. The first-order valence-electron chi connectivity index (χ1n) is 5.09. The van der Waals surface area contributed by atoms with Gasteiger partial charge >= 0.3 is 5.97 Å². The molecule has 6 heteroatoms. The minimum Gasteiger partial charge on any atom is -0.480 e. The number of aliphatic carboxylic acids is 1. The quantitative estimate of drug-likeness (QED) is 0.635. The lowest BCUT2D eigenvalue weighted by molar-refractivity contribution is -0.149. The molecule has 0 aromatic carbocycles. The fraction of sp³-hybridized carbons (Fsp3) is 0.600. The largest absolute Gasteiger partial charge is 0.480 e. The molecule has 0 radical (unpaired) electrons. The summed E-state index contributed by atoms with van der Waals surface area (Å²) in [5.74, 6) is -3.29. The summed E-state index contributed by atoms with van der Waals surface area (Å²) in [6, 6.07) is 0. The molecule has 2 rings (SSSR count). The van der Waals surface area contributed by atoms with Crippen LogP contribution < -0.4 is 0 Å². The molecule has 1 saturated carbocycles. The minimum absolute atomic E-state index is 0.0282. The number of rotatable bonds is 2. The Hall–Kier alpha value is -1.72. The summed E-state index contributed by atoms with van der Waals surface area (Å²) in [5.41, 5.74) is 0.